The van der Waals surface area contributed by atoms with Gasteiger partial charge in [-0.2, -0.15) is 0 Å². The number of carbonyl (C=O) groups is 1. The van der Waals surface area contributed by atoms with E-state index in [9.17, 15) is 4.79 Å². The van der Waals surface area contributed by atoms with Gasteiger partial charge in [0.25, 0.3) is 0 Å². The third-order valence-electron chi connectivity index (χ3n) is 4.88. The van der Waals surface area contributed by atoms with Crippen LogP contribution in [0.1, 0.15) is 34.3 Å². The molecule has 1 aliphatic carbocycles. The van der Waals surface area contributed by atoms with Gasteiger partial charge in [0.1, 0.15) is 0 Å². The molecule has 2 aromatic rings. The molecule has 0 radical (unpaired) electrons. The van der Waals surface area contributed by atoms with Crippen LogP contribution < -0.4 is 0 Å². The van der Waals surface area contributed by atoms with Crippen LogP contribution in [0, 0.1) is 0 Å². The lowest BCUT2D eigenvalue weighted by molar-refractivity contribution is 0.0840. The van der Waals surface area contributed by atoms with Gasteiger partial charge in [0, 0.05) is 10.6 Å². The monoisotopic (exact) mass is 363 g/mol. The Kier molecular flexibility index (Phi) is 6.08. The molecule has 0 saturated carbocycles. The lowest BCUT2D eigenvalue weighted by Gasteiger charge is -2.38. The van der Waals surface area contributed by atoms with Gasteiger partial charge < -0.3 is 4.90 Å². The van der Waals surface area contributed by atoms with E-state index in [0.29, 0.717) is 5.02 Å². The standard InChI is InChI=1S/C20H22ClNO.ClH/c1-22(2)13-12-20(16-7-5-8-17(21)14-16)11-10-15-6-3-4-9-18(15)19(20)23;/h3-9,14H,10-13H2,1-2H3;1H. The first kappa shape index (κ1) is 19.0. The quantitative estimate of drug-likeness (QED) is 0.778. The van der Waals surface area contributed by atoms with Crippen LogP contribution in [0.2, 0.25) is 5.02 Å². The highest BCUT2D eigenvalue weighted by molar-refractivity contribution is 6.30. The van der Waals surface area contributed by atoms with Crippen molar-refractivity contribution in [3.05, 3.63) is 70.2 Å². The fraction of sp³-hybridized carbons (Fsp3) is 0.350. The molecule has 1 aliphatic rings. The van der Waals surface area contributed by atoms with Gasteiger partial charge in [-0.15, -0.1) is 12.4 Å². The Labute approximate surface area is 155 Å². The molecule has 0 bridgehead atoms. The van der Waals surface area contributed by atoms with Crippen molar-refractivity contribution in [1.82, 2.24) is 4.90 Å². The smallest absolute Gasteiger partial charge is 0.173 e. The van der Waals surface area contributed by atoms with Crippen LogP contribution >= 0.6 is 24.0 Å². The summed E-state index contributed by atoms with van der Waals surface area (Å²) in [5.74, 6) is 0.239. The summed E-state index contributed by atoms with van der Waals surface area (Å²) in [4.78, 5) is 15.5. The number of halogens is 2. The van der Waals surface area contributed by atoms with Gasteiger partial charge in [-0.1, -0.05) is 48.0 Å². The van der Waals surface area contributed by atoms with E-state index >= 15 is 0 Å². The molecular formula is C20H23Cl2NO. The van der Waals surface area contributed by atoms with Crippen molar-refractivity contribution in [2.45, 2.75) is 24.7 Å². The summed E-state index contributed by atoms with van der Waals surface area (Å²) in [6.45, 7) is 0.875. The van der Waals surface area contributed by atoms with Gasteiger partial charge in [0.2, 0.25) is 0 Å². The van der Waals surface area contributed by atoms with Crippen molar-refractivity contribution in [1.29, 1.82) is 0 Å². The van der Waals surface area contributed by atoms with Gasteiger partial charge in [-0.3, -0.25) is 4.79 Å². The molecule has 3 rings (SSSR count). The summed E-state index contributed by atoms with van der Waals surface area (Å²) in [5.41, 5.74) is 2.62. The van der Waals surface area contributed by atoms with Crippen molar-refractivity contribution in [3.8, 4) is 0 Å². The Morgan fingerprint density at radius 1 is 1.12 bits per heavy atom. The topological polar surface area (TPSA) is 20.3 Å². The zero-order valence-corrected chi connectivity index (χ0v) is 15.7. The van der Waals surface area contributed by atoms with Crippen LogP contribution in [-0.2, 0) is 11.8 Å². The van der Waals surface area contributed by atoms with E-state index in [1.807, 2.05) is 56.6 Å². The summed E-state index contributed by atoms with van der Waals surface area (Å²) in [6.07, 6.45) is 2.59. The molecule has 0 amide bonds. The van der Waals surface area contributed by atoms with Gasteiger partial charge in [0.15, 0.2) is 5.78 Å². The zero-order chi connectivity index (χ0) is 16.4. The molecule has 0 fully saturated rings. The van der Waals surface area contributed by atoms with E-state index in [1.165, 1.54) is 5.56 Å². The van der Waals surface area contributed by atoms with Gasteiger partial charge in [-0.05, 0) is 63.2 Å². The van der Waals surface area contributed by atoms with Crippen LogP contribution in [0.5, 0.6) is 0 Å². The number of carbonyl (C=O) groups excluding carboxylic acids is 1. The number of nitrogens with zero attached hydrogens (tertiary/aromatic N) is 1. The second-order valence-corrected chi connectivity index (χ2v) is 7.07. The number of hydrogen-bond donors (Lipinski definition) is 0. The minimum Gasteiger partial charge on any atom is -0.309 e. The third-order valence-corrected chi connectivity index (χ3v) is 5.12. The number of ketones is 1. The molecule has 128 valence electrons. The zero-order valence-electron chi connectivity index (χ0n) is 14.1. The second-order valence-electron chi connectivity index (χ2n) is 6.63. The molecule has 1 atom stereocenters. The second kappa shape index (κ2) is 7.69. The normalized spacial score (nSPS) is 19.8. The highest BCUT2D eigenvalue weighted by Crippen LogP contribution is 2.41. The molecule has 4 heteroatoms. The number of benzene rings is 2. The maximum atomic E-state index is 13.4. The molecule has 0 heterocycles. The van der Waals surface area contributed by atoms with Crippen molar-refractivity contribution >= 4 is 29.8 Å². The van der Waals surface area contributed by atoms with Gasteiger partial charge in [0.05, 0.1) is 5.41 Å². The van der Waals surface area contributed by atoms with E-state index < -0.39 is 5.41 Å². The van der Waals surface area contributed by atoms with Gasteiger partial charge >= 0.3 is 0 Å². The Bertz CT molecular complexity index is 729. The highest BCUT2D eigenvalue weighted by atomic mass is 35.5. The maximum absolute atomic E-state index is 13.4. The first-order valence-corrected chi connectivity index (χ1v) is 8.44. The lowest BCUT2D eigenvalue weighted by atomic mass is 9.64. The average Bonchev–Trinajstić information content (AvgIpc) is 2.55. The van der Waals surface area contributed by atoms with Crippen LogP contribution in [0.3, 0.4) is 0 Å². The number of rotatable bonds is 4. The Morgan fingerprint density at radius 3 is 2.58 bits per heavy atom. The SMILES string of the molecule is CN(C)CCC1(c2cccc(Cl)c2)CCc2ccccc2C1=O.Cl. The van der Waals surface area contributed by atoms with Crippen LogP contribution in [0.15, 0.2) is 48.5 Å². The van der Waals surface area contributed by atoms with Crippen LogP contribution in [0.4, 0.5) is 0 Å². The molecular weight excluding hydrogens is 341 g/mol. The molecule has 0 saturated heterocycles. The number of hydrogen-bond acceptors (Lipinski definition) is 2. The van der Waals surface area contributed by atoms with E-state index in [-0.39, 0.29) is 18.2 Å². The highest BCUT2D eigenvalue weighted by Gasteiger charge is 2.43. The predicted octanol–water partition coefficient (Wildman–Crippen LogP) is 4.78. The molecule has 24 heavy (non-hydrogen) atoms. The summed E-state index contributed by atoms with van der Waals surface area (Å²) in [6, 6.07) is 15.8. The van der Waals surface area contributed by atoms with Crippen molar-refractivity contribution in [2.24, 2.45) is 0 Å². The predicted molar refractivity (Wildman–Crippen MR) is 103 cm³/mol. The van der Waals surface area contributed by atoms with Crippen LogP contribution in [-0.4, -0.2) is 31.3 Å². The molecule has 2 aromatic carbocycles. The van der Waals surface area contributed by atoms with Crippen LogP contribution in [0.25, 0.3) is 0 Å². The van der Waals surface area contributed by atoms with E-state index in [4.69, 9.17) is 11.6 Å². The van der Waals surface area contributed by atoms with E-state index in [2.05, 4.69) is 11.0 Å². The van der Waals surface area contributed by atoms with Crippen molar-refractivity contribution in [2.75, 3.05) is 20.6 Å². The van der Waals surface area contributed by atoms with E-state index in [1.54, 1.807) is 0 Å². The molecule has 0 aromatic heterocycles. The fourth-order valence-corrected chi connectivity index (χ4v) is 3.73. The number of aryl methyl sites for hydroxylation is 1. The summed E-state index contributed by atoms with van der Waals surface area (Å²) >= 11 is 6.21. The average molecular weight is 364 g/mol. The molecule has 0 N–H and O–H groups in total. The molecule has 2 nitrogen and oxygen atoms in total. The number of fused-ring (bicyclic) bond motifs is 1. The molecule has 0 aliphatic heterocycles. The Morgan fingerprint density at radius 2 is 1.88 bits per heavy atom. The third kappa shape index (κ3) is 3.51. The minimum atomic E-state index is -0.469. The van der Waals surface area contributed by atoms with E-state index in [0.717, 1.165) is 36.9 Å². The largest absolute Gasteiger partial charge is 0.309 e. The molecule has 1 unspecified atom stereocenters. The Hall–Kier alpha value is -1.35. The summed E-state index contributed by atoms with van der Waals surface area (Å²) in [7, 11) is 4.10. The Balaban J connectivity index is 0.00000208. The van der Waals surface area contributed by atoms with Crippen molar-refractivity contribution < 1.29 is 4.79 Å². The first-order valence-electron chi connectivity index (χ1n) is 8.06. The van der Waals surface area contributed by atoms with Crippen molar-refractivity contribution in [3.63, 3.8) is 0 Å². The maximum Gasteiger partial charge on any atom is 0.173 e. The minimum absolute atomic E-state index is 0. The molecule has 0 spiro atoms. The van der Waals surface area contributed by atoms with Gasteiger partial charge in [-0.25, -0.2) is 0 Å². The lowest BCUT2D eigenvalue weighted by Crippen LogP contribution is -2.42. The summed E-state index contributed by atoms with van der Waals surface area (Å²) in [5, 5.41) is 0.693. The first-order chi connectivity index (χ1) is 11.0. The summed E-state index contributed by atoms with van der Waals surface area (Å²) < 4.78 is 0. The fourth-order valence-electron chi connectivity index (χ4n) is 3.54. The number of Topliss-reactive ketones (excluding diaryl/α,β-unsaturated/α-hetero) is 1.